The first-order chi connectivity index (χ1) is 5.62. The molecule has 0 aromatic carbocycles. The summed E-state index contributed by atoms with van der Waals surface area (Å²) in [5, 5.41) is 0. The molecule has 2 saturated carbocycles. The highest BCUT2D eigenvalue weighted by Gasteiger charge is 2.46. The van der Waals surface area contributed by atoms with Gasteiger partial charge in [0.05, 0.1) is 0 Å². The van der Waals surface area contributed by atoms with E-state index in [0.717, 1.165) is 12.3 Å². The van der Waals surface area contributed by atoms with E-state index < -0.39 is 0 Å². The van der Waals surface area contributed by atoms with E-state index in [1.165, 1.54) is 25.7 Å². The van der Waals surface area contributed by atoms with Gasteiger partial charge < -0.3 is 0 Å². The highest BCUT2D eigenvalue weighted by Crippen LogP contribution is 2.50. The molecule has 2 atom stereocenters. The lowest BCUT2D eigenvalue weighted by molar-refractivity contribution is -0.134. The van der Waals surface area contributed by atoms with Crippen LogP contribution in [0.25, 0.3) is 0 Å². The van der Waals surface area contributed by atoms with Crippen LogP contribution >= 0.6 is 0 Å². The number of hydrogen-bond acceptors (Lipinski definition) is 1. The number of ketones is 1. The molecule has 0 radical (unpaired) electrons. The van der Waals surface area contributed by atoms with Crippen molar-refractivity contribution >= 4 is 5.78 Å². The van der Waals surface area contributed by atoms with E-state index in [0.29, 0.717) is 11.7 Å². The quantitative estimate of drug-likeness (QED) is 0.541. The van der Waals surface area contributed by atoms with Crippen LogP contribution in [0, 0.1) is 17.3 Å². The van der Waals surface area contributed by atoms with E-state index in [1.807, 2.05) is 0 Å². The molecule has 12 heavy (non-hydrogen) atoms. The van der Waals surface area contributed by atoms with Gasteiger partial charge in [-0.05, 0) is 24.7 Å². The first-order valence-electron chi connectivity index (χ1n) is 5.15. The molecule has 2 aliphatic rings. The van der Waals surface area contributed by atoms with Crippen molar-refractivity contribution in [3.63, 3.8) is 0 Å². The van der Waals surface area contributed by atoms with E-state index in [2.05, 4.69) is 13.8 Å². The van der Waals surface area contributed by atoms with Crippen LogP contribution in [-0.4, -0.2) is 5.78 Å². The average Bonchev–Trinajstić information content (AvgIpc) is 2.46. The van der Waals surface area contributed by atoms with Gasteiger partial charge in [-0.2, -0.15) is 0 Å². The summed E-state index contributed by atoms with van der Waals surface area (Å²) in [4.78, 5) is 11.7. The zero-order valence-electron chi connectivity index (χ0n) is 8.10. The smallest absolute Gasteiger partial charge is 0.138 e. The van der Waals surface area contributed by atoms with Gasteiger partial charge in [-0.15, -0.1) is 0 Å². The Bertz CT molecular complexity index is 205. The molecular weight excluding hydrogens is 148 g/mol. The van der Waals surface area contributed by atoms with Crippen molar-refractivity contribution in [2.45, 2.75) is 46.0 Å². The second-order valence-corrected chi connectivity index (χ2v) is 4.98. The third-order valence-electron chi connectivity index (χ3n) is 4.05. The standard InChI is InChI=1S/C11H18O/c1-11(2)9-5-3-4-8(9)6-7-10(11)12/h8-9H,3-7H2,1-2H3/t8-,9-/m1/s1. The van der Waals surface area contributed by atoms with Crippen molar-refractivity contribution in [2.75, 3.05) is 0 Å². The van der Waals surface area contributed by atoms with E-state index in [1.54, 1.807) is 0 Å². The first kappa shape index (κ1) is 8.28. The third kappa shape index (κ3) is 1.02. The highest BCUT2D eigenvalue weighted by molar-refractivity contribution is 5.85. The zero-order chi connectivity index (χ0) is 8.77. The monoisotopic (exact) mass is 166 g/mol. The molecule has 2 rings (SSSR count). The molecule has 0 bridgehead atoms. The predicted octanol–water partition coefficient (Wildman–Crippen LogP) is 2.79. The van der Waals surface area contributed by atoms with Crippen LogP contribution in [0.15, 0.2) is 0 Å². The maximum Gasteiger partial charge on any atom is 0.138 e. The van der Waals surface area contributed by atoms with Gasteiger partial charge >= 0.3 is 0 Å². The van der Waals surface area contributed by atoms with Gasteiger partial charge in [0, 0.05) is 11.8 Å². The minimum absolute atomic E-state index is 0.000579. The van der Waals surface area contributed by atoms with Crippen LogP contribution in [0.2, 0.25) is 0 Å². The molecule has 2 aliphatic carbocycles. The minimum Gasteiger partial charge on any atom is -0.299 e. The molecule has 68 valence electrons. The SMILES string of the molecule is CC1(C)C(=O)CC[C@H]2CCC[C@H]21. The van der Waals surface area contributed by atoms with Gasteiger partial charge in [0.15, 0.2) is 0 Å². The van der Waals surface area contributed by atoms with Crippen molar-refractivity contribution < 1.29 is 4.79 Å². The summed E-state index contributed by atoms with van der Waals surface area (Å²) in [7, 11) is 0. The molecule has 0 saturated heterocycles. The normalized spacial score (nSPS) is 39.7. The first-order valence-corrected chi connectivity index (χ1v) is 5.15. The maximum absolute atomic E-state index is 11.7. The van der Waals surface area contributed by atoms with E-state index in [9.17, 15) is 4.79 Å². The fraction of sp³-hybridized carbons (Fsp3) is 0.909. The highest BCUT2D eigenvalue weighted by atomic mass is 16.1. The van der Waals surface area contributed by atoms with Gasteiger partial charge in [-0.1, -0.05) is 26.7 Å². The zero-order valence-corrected chi connectivity index (χ0v) is 8.10. The molecule has 0 aromatic heterocycles. The Morgan fingerprint density at radius 3 is 2.75 bits per heavy atom. The van der Waals surface area contributed by atoms with E-state index >= 15 is 0 Å². The molecule has 0 unspecified atom stereocenters. The Balaban J connectivity index is 2.23. The molecule has 0 N–H and O–H groups in total. The molecule has 0 heterocycles. The van der Waals surface area contributed by atoms with Crippen molar-refractivity contribution in [3.8, 4) is 0 Å². The van der Waals surface area contributed by atoms with Crippen molar-refractivity contribution in [3.05, 3.63) is 0 Å². The van der Waals surface area contributed by atoms with Crippen LogP contribution in [0.5, 0.6) is 0 Å². The molecule has 1 nitrogen and oxygen atoms in total. The number of Topliss-reactive ketones (excluding diaryl/α,β-unsaturated/α-hetero) is 1. The van der Waals surface area contributed by atoms with Crippen molar-refractivity contribution in [1.29, 1.82) is 0 Å². The molecule has 0 amide bonds. The Labute approximate surface area is 74.5 Å². The lowest BCUT2D eigenvalue weighted by atomic mass is 9.64. The van der Waals surface area contributed by atoms with E-state index in [4.69, 9.17) is 0 Å². The summed E-state index contributed by atoms with van der Waals surface area (Å²) in [6, 6.07) is 0. The second kappa shape index (κ2) is 2.58. The van der Waals surface area contributed by atoms with Gasteiger partial charge in [0.2, 0.25) is 0 Å². The third-order valence-corrected chi connectivity index (χ3v) is 4.05. The summed E-state index contributed by atoms with van der Waals surface area (Å²) in [5.74, 6) is 2.09. The Morgan fingerprint density at radius 1 is 1.25 bits per heavy atom. The van der Waals surface area contributed by atoms with Gasteiger partial charge in [-0.25, -0.2) is 0 Å². The van der Waals surface area contributed by atoms with Crippen LogP contribution in [0.4, 0.5) is 0 Å². The minimum atomic E-state index is -0.000579. The molecular formula is C11H18O. The number of carbonyl (C=O) groups excluding carboxylic acids is 1. The maximum atomic E-state index is 11.7. The van der Waals surface area contributed by atoms with Crippen molar-refractivity contribution in [1.82, 2.24) is 0 Å². The van der Waals surface area contributed by atoms with Gasteiger partial charge in [0.1, 0.15) is 5.78 Å². The number of hydrogen-bond donors (Lipinski definition) is 0. The second-order valence-electron chi connectivity index (χ2n) is 4.98. The Kier molecular flexibility index (Phi) is 1.78. The fourth-order valence-corrected chi connectivity index (χ4v) is 3.18. The number of rotatable bonds is 0. The molecule has 0 spiro atoms. The predicted molar refractivity (Wildman–Crippen MR) is 48.9 cm³/mol. The number of carbonyl (C=O) groups is 1. The van der Waals surface area contributed by atoms with Gasteiger partial charge in [-0.3, -0.25) is 4.79 Å². The van der Waals surface area contributed by atoms with Crippen molar-refractivity contribution in [2.24, 2.45) is 17.3 Å². The largest absolute Gasteiger partial charge is 0.299 e. The lowest BCUT2D eigenvalue weighted by Gasteiger charge is -2.39. The van der Waals surface area contributed by atoms with E-state index in [-0.39, 0.29) is 5.41 Å². The van der Waals surface area contributed by atoms with Crippen LogP contribution in [0.1, 0.15) is 46.0 Å². The summed E-state index contributed by atoms with van der Waals surface area (Å²) in [5.41, 5.74) is -0.000579. The molecule has 2 fully saturated rings. The van der Waals surface area contributed by atoms with Crippen LogP contribution < -0.4 is 0 Å². The topological polar surface area (TPSA) is 17.1 Å². The molecule has 1 heteroatoms. The molecule has 0 aliphatic heterocycles. The van der Waals surface area contributed by atoms with Gasteiger partial charge in [0.25, 0.3) is 0 Å². The Morgan fingerprint density at radius 2 is 2.00 bits per heavy atom. The summed E-state index contributed by atoms with van der Waals surface area (Å²) >= 11 is 0. The van der Waals surface area contributed by atoms with Crippen LogP contribution in [0.3, 0.4) is 0 Å². The lowest BCUT2D eigenvalue weighted by Crippen LogP contribution is -2.39. The summed E-state index contributed by atoms with van der Waals surface area (Å²) in [6.07, 6.45) is 6.04. The number of fused-ring (bicyclic) bond motifs is 1. The molecule has 0 aromatic rings. The summed E-state index contributed by atoms with van der Waals surface area (Å²) in [6.45, 7) is 4.30. The average molecular weight is 166 g/mol. The van der Waals surface area contributed by atoms with Crippen LogP contribution in [-0.2, 0) is 4.79 Å². The summed E-state index contributed by atoms with van der Waals surface area (Å²) < 4.78 is 0. The fourth-order valence-electron chi connectivity index (χ4n) is 3.18. The Hall–Kier alpha value is -0.330.